The molecule has 32 heavy (non-hydrogen) atoms. The van der Waals surface area contributed by atoms with Crippen molar-refractivity contribution in [2.45, 2.75) is 37.6 Å². The highest BCUT2D eigenvalue weighted by atomic mass is 32.2. The minimum Gasteiger partial charge on any atom is -0.354 e. The van der Waals surface area contributed by atoms with E-state index in [0.717, 1.165) is 41.5 Å². The minimum absolute atomic E-state index is 0.144. The maximum atomic E-state index is 12.0. The number of fused-ring (bicyclic) bond motifs is 1. The maximum absolute atomic E-state index is 12.0. The van der Waals surface area contributed by atoms with Gasteiger partial charge in [-0.25, -0.2) is 23.1 Å². The van der Waals surface area contributed by atoms with Crippen LogP contribution in [0.1, 0.15) is 31.7 Å². The molecule has 0 amide bonds. The zero-order valence-electron chi connectivity index (χ0n) is 18.1. The monoisotopic (exact) mass is 451 g/mol. The van der Waals surface area contributed by atoms with Gasteiger partial charge >= 0.3 is 0 Å². The van der Waals surface area contributed by atoms with Crippen molar-refractivity contribution < 1.29 is 8.42 Å². The van der Waals surface area contributed by atoms with Crippen LogP contribution in [0.3, 0.4) is 0 Å². The molecule has 0 spiro atoms. The van der Waals surface area contributed by atoms with Gasteiger partial charge in [-0.1, -0.05) is 12.1 Å². The molecule has 0 radical (unpaired) electrons. The molecule has 0 N–H and O–H groups in total. The predicted molar refractivity (Wildman–Crippen MR) is 121 cm³/mol. The van der Waals surface area contributed by atoms with Crippen molar-refractivity contribution >= 4 is 26.7 Å². The van der Waals surface area contributed by atoms with E-state index in [1.807, 2.05) is 25.1 Å². The Morgan fingerprint density at radius 2 is 1.94 bits per heavy atom. The lowest BCUT2D eigenvalue weighted by atomic mass is 9.65. The summed E-state index contributed by atoms with van der Waals surface area (Å²) >= 11 is 0. The Balaban J connectivity index is 1.47. The molecule has 10 heteroatoms. The lowest BCUT2D eigenvalue weighted by Gasteiger charge is -2.38. The van der Waals surface area contributed by atoms with Gasteiger partial charge in [0.25, 0.3) is 0 Å². The van der Waals surface area contributed by atoms with E-state index >= 15 is 0 Å². The zero-order chi connectivity index (χ0) is 22.5. The summed E-state index contributed by atoms with van der Waals surface area (Å²) in [6.45, 7) is 3.44. The predicted octanol–water partition coefficient (Wildman–Crippen LogP) is 2.23. The van der Waals surface area contributed by atoms with Crippen molar-refractivity contribution in [3.63, 3.8) is 0 Å². The van der Waals surface area contributed by atoms with E-state index in [1.165, 1.54) is 16.9 Å². The van der Waals surface area contributed by atoms with Crippen LogP contribution in [0.4, 0.5) is 5.82 Å². The number of nitrogens with zero attached hydrogens (tertiary/aromatic N) is 7. The van der Waals surface area contributed by atoms with E-state index in [2.05, 4.69) is 32.1 Å². The molecule has 1 aromatic carbocycles. The first kappa shape index (κ1) is 20.8. The Morgan fingerprint density at radius 1 is 1.16 bits per heavy atom. The Hall–Kier alpha value is -3.03. The molecule has 3 aromatic rings. The average Bonchev–Trinajstić information content (AvgIpc) is 3.16. The molecule has 2 aromatic heterocycles. The first-order valence-corrected chi connectivity index (χ1v) is 12.6. The molecular formula is C22H25N7O2S. The largest absolute Gasteiger partial charge is 0.354 e. The van der Waals surface area contributed by atoms with Crippen molar-refractivity contribution in [3.8, 4) is 11.9 Å². The average molecular weight is 452 g/mol. The van der Waals surface area contributed by atoms with Crippen LogP contribution in [0.2, 0.25) is 0 Å². The van der Waals surface area contributed by atoms with Gasteiger partial charge in [0.1, 0.15) is 12.1 Å². The van der Waals surface area contributed by atoms with Crippen LogP contribution in [-0.4, -0.2) is 64.4 Å². The smallest absolute Gasteiger partial charge is 0.211 e. The van der Waals surface area contributed by atoms with Gasteiger partial charge in [-0.15, -0.1) is 0 Å². The normalized spacial score (nSPS) is 21.3. The standard InChI is InChI=1S/C22H25N7O2S/c1-16-13-27(8-9-28(16)32(2,30)31)20-11-21(25-15-24-20)29-19-10-18(5-4-17(19)12-26-29)22(14-23)6-3-7-22/h4-5,10-12,15-16H,3,6-9,13H2,1-2H3/t16-/m0/s1. The van der Waals surface area contributed by atoms with E-state index in [0.29, 0.717) is 25.5 Å². The molecule has 166 valence electrons. The molecule has 2 fully saturated rings. The van der Waals surface area contributed by atoms with Crippen molar-refractivity contribution in [2.24, 2.45) is 0 Å². The van der Waals surface area contributed by atoms with Gasteiger partial charge in [-0.3, -0.25) is 0 Å². The van der Waals surface area contributed by atoms with Crippen LogP contribution in [0.5, 0.6) is 0 Å². The summed E-state index contributed by atoms with van der Waals surface area (Å²) in [5.74, 6) is 1.38. The van der Waals surface area contributed by atoms with E-state index in [-0.39, 0.29) is 6.04 Å². The Bertz CT molecular complexity index is 1320. The molecule has 0 unspecified atom stereocenters. The van der Waals surface area contributed by atoms with Gasteiger partial charge in [-0.05, 0) is 37.8 Å². The second-order valence-electron chi connectivity index (χ2n) is 8.78. The quantitative estimate of drug-likeness (QED) is 0.598. The Kier molecular flexibility index (Phi) is 4.91. The first-order chi connectivity index (χ1) is 15.3. The summed E-state index contributed by atoms with van der Waals surface area (Å²) in [5.41, 5.74) is 1.54. The molecule has 0 bridgehead atoms. The van der Waals surface area contributed by atoms with Crippen molar-refractivity contribution in [1.29, 1.82) is 5.26 Å². The molecule has 1 saturated carbocycles. The molecule has 1 aliphatic heterocycles. The van der Waals surface area contributed by atoms with Crippen LogP contribution in [0, 0.1) is 11.3 Å². The van der Waals surface area contributed by atoms with Gasteiger partial charge in [0.05, 0.1) is 29.5 Å². The van der Waals surface area contributed by atoms with Crippen LogP contribution >= 0.6 is 0 Å². The second-order valence-corrected chi connectivity index (χ2v) is 10.7. The van der Waals surface area contributed by atoms with Gasteiger partial charge in [0, 0.05) is 37.1 Å². The van der Waals surface area contributed by atoms with Crippen LogP contribution < -0.4 is 4.90 Å². The molecule has 5 rings (SSSR count). The van der Waals surface area contributed by atoms with Crippen molar-refractivity contribution in [3.05, 3.63) is 42.4 Å². The number of nitriles is 1. The molecular weight excluding hydrogens is 426 g/mol. The summed E-state index contributed by atoms with van der Waals surface area (Å²) in [5, 5.41) is 15.3. The molecule has 1 saturated heterocycles. The number of benzene rings is 1. The first-order valence-electron chi connectivity index (χ1n) is 10.7. The maximum Gasteiger partial charge on any atom is 0.211 e. The van der Waals surface area contributed by atoms with Gasteiger partial charge in [0.2, 0.25) is 10.0 Å². The third kappa shape index (κ3) is 3.42. The zero-order valence-corrected chi connectivity index (χ0v) is 19.0. The summed E-state index contributed by atoms with van der Waals surface area (Å²) < 4.78 is 27.2. The topological polar surface area (TPSA) is 108 Å². The molecule has 2 aliphatic rings. The number of rotatable bonds is 4. The molecule has 9 nitrogen and oxygen atoms in total. The van der Waals surface area contributed by atoms with Gasteiger partial charge in [0.15, 0.2) is 5.82 Å². The number of sulfonamides is 1. The fourth-order valence-corrected chi connectivity index (χ4v) is 5.90. The van der Waals surface area contributed by atoms with Crippen LogP contribution in [0.25, 0.3) is 16.7 Å². The van der Waals surface area contributed by atoms with E-state index in [9.17, 15) is 13.7 Å². The fraction of sp³-hybridized carbons (Fsp3) is 0.455. The number of aromatic nitrogens is 4. The van der Waals surface area contributed by atoms with Crippen molar-refractivity contribution in [1.82, 2.24) is 24.1 Å². The second kappa shape index (κ2) is 7.53. The SMILES string of the molecule is C[C@H]1CN(c2cc(-n3ncc4ccc(C5(C#N)CCC5)cc43)ncn2)CCN1S(C)(=O)=O. The van der Waals surface area contributed by atoms with Gasteiger partial charge in [-0.2, -0.15) is 14.7 Å². The number of hydrogen-bond acceptors (Lipinski definition) is 7. The number of piperazine rings is 1. The number of hydrogen-bond donors (Lipinski definition) is 0. The summed E-state index contributed by atoms with van der Waals surface area (Å²) in [7, 11) is -3.23. The van der Waals surface area contributed by atoms with E-state index < -0.39 is 15.4 Å². The molecule has 3 heterocycles. The highest BCUT2D eigenvalue weighted by Gasteiger charge is 2.39. The Morgan fingerprint density at radius 3 is 2.59 bits per heavy atom. The van der Waals surface area contributed by atoms with Gasteiger partial charge < -0.3 is 4.90 Å². The summed E-state index contributed by atoms with van der Waals surface area (Å²) in [6.07, 6.45) is 7.41. The van der Waals surface area contributed by atoms with E-state index in [4.69, 9.17) is 0 Å². The number of anilines is 1. The molecule has 1 aliphatic carbocycles. The Labute approximate surface area is 187 Å². The lowest BCUT2D eigenvalue weighted by molar-refractivity contribution is 0.308. The van der Waals surface area contributed by atoms with Crippen molar-refractivity contribution in [2.75, 3.05) is 30.8 Å². The minimum atomic E-state index is -3.23. The van der Waals surface area contributed by atoms with Crippen LogP contribution in [0.15, 0.2) is 36.8 Å². The van der Waals surface area contributed by atoms with Crippen LogP contribution in [-0.2, 0) is 15.4 Å². The lowest BCUT2D eigenvalue weighted by Crippen LogP contribution is -2.53. The third-order valence-electron chi connectivity index (χ3n) is 6.72. The highest BCUT2D eigenvalue weighted by Crippen LogP contribution is 2.43. The highest BCUT2D eigenvalue weighted by molar-refractivity contribution is 7.88. The third-order valence-corrected chi connectivity index (χ3v) is 8.11. The van der Waals surface area contributed by atoms with E-state index in [1.54, 1.807) is 10.9 Å². The summed E-state index contributed by atoms with van der Waals surface area (Å²) in [6, 6.07) is 10.3. The fourth-order valence-electron chi connectivity index (χ4n) is 4.76. The molecule has 1 atom stereocenters. The summed E-state index contributed by atoms with van der Waals surface area (Å²) in [4.78, 5) is 10.9.